The lowest BCUT2D eigenvalue weighted by Gasteiger charge is -2.21. The zero-order valence-electron chi connectivity index (χ0n) is 13.8. The maximum atomic E-state index is 12.0. The first-order chi connectivity index (χ1) is 11.9. The van der Waals surface area contributed by atoms with E-state index >= 15 is 0 Å². The summed E-state index contributed by atoms with van der Waals surface area (Å²) in [4.78, 5) is 12.0. The molecule has 1 amide bonds. The molecule has 1 heterocycles. The van der Waals surface area contributed by atoms with Gasteiger partial charge in [-0.1, -0.05) is 6.07 Å². The molecule has 1 atom stereocenters. The third kappa shape index (κ3) is 3.08. The van der Waals surface area contributed by atoms with Gasteiger partial charge in [0.05, 0.1) is 18.9 Å². The van der Waals surface area contributed by atoms with Crippen LogP contribution in [0.3, 0.4) is 0 Å². The fraction of sp³-hybridized carbons (Fsp3) is 0.222. The first kappa shape index (κ1) is 16.6. The molecule has 7 nitrogen and oxygen atoms in total. The Bertz CT molecular complexity index is 863. The van der Waals surface area contributed by atoms with E-state index in [9.17, 15) is 20.1 Å². The predicted molar refractivity (Wildman–Crippen MR) is 90.8 cm³/mol. The van der Waals surface area contributed by atoms with Crippen molar-refractivity contribution in [2.45, 2.75) is 19.4 Å². The van der Waals surface area contributed by atoms with Crippen LogP contribution < -0.4 is 4.74 Å². The maximum absolute atomic E-state index is 12.0. The lowest BCUT2D eigenvalue weighted by molar-refractivity contribution is -0.130. The molecule has 3 rings (SSSR count). The van der Waals surface area contributed by atoms with Crippen LogP contribution in [0.5, 0.6) is 23.0 Å². The van der Waals surface area contributed by atoms with Gasteiger partial charge in [0.2, 0.25) is 5.91 Å². The van der Waals surface area contributed by atoms with E-state index in [-0.39, 0.29) is 29.2 Å². The van der Waals surface area contributed by atoms with Gasteiger partial charge in [-0.3, -0.25) is 4.79 Å². The third-order valence-electron chi connectivity index (χ3n) is 4.11. The summed E-state index contributed by atoms with van der Waals surface area (Å²) in [5.74, 6) is -0.0857. The number of phenols is 3. The summed E-state index contributed by atoms with van der Waals surface area (Å²) in [6.07, 6.45) is 0.381. The van der Waals surface area contributed by atoms with E-state index in [0.717, 1.165) is 5.56 Å². The van der Waals surface area contributed by atoms with Crippen molar-refractivity contribution >= 4 is 11.6 Å². The van der Waals surface area contributed by atoms with Crippen LogP contribution >= 0.6 is 0 Å². The summed E-state index contributed by atoms with van der Waals surface area (Å²) in [5.41, 5.74) is 1.74. The first-order valence-corrected chi connectivity index (χ1v) is 7.67. The highest BCUT2D eigenvalue weighted by Gasteiger charge is 2.32. The average Bonchev–Trinajstić information content (AvgIpc) is 3.00. The summed E-state index contributed by atoms with van der Waals surface area (Å²) >= 11 is 0. The zero-order valence-corrected chi connectivity index (χ0v) is 13.8. The van der Waals surface area contributed by atoms with E-state index < -0.39 is 0 Å². The number of methoxy groups -OCH3 is 1. The molecule has 0 aliphatic carbocycles. The number of rotatable bonds is 3. The first-order valence-electron chi connectivity index (χ1n) is 7.67. The SMILES string of the molecule is COc1cc(C2CC(c3ccc(O)cc3O)=NN2C(C)=O)ccc1O. The number of ether oxygens (including phenoxy) is 1. The highest BCUT2D eigenvalue weighted by molar-refractivity contribution is 6.05. The van der Waals surface area contributed by atoms with E-state index in [1.54, 1.807) is 18.2 Å². The van der Waals surface area contributed by atoms with Crippen molar-refractivity contribution in [1.82, 2.24) is 5.01 Å². The quantitative estimate of drug-likeness (QED) is 0.795. The summed E-state index contributed by atoms with van der Waals surface area (Å²) in [5, 5.41) is 34.9. The topological polar surface area (TPSA) is 103 Å². The Morgan fingerprint density at radius 3 is 2.56 bits per heavy atom. The molecule has 0 bridgehead atoms. The Hall–Kier alpha value is -3.22. The van der Waals surface area contributed by atoms with Crippen molar-refractivity contribution < 1.29 is 24.9 Å². The van der Waals surface area contributed by atoms with Gasteiger partial charge in [0.1, 0.15) is 11.5 Å². The van der Waals surface area contributed by atoms with Gasteiger partial charge in [-0.25, -0.2) is 5.01 Å². The number of benzene rings is 2. The molecule has 3 N–H and O–H groups in total. The molecule has 0 saturated heterocycles. The van der Waals surface area contributed by atoms with Gasteiger partial charge >= 0.3 is 0 Å². The van der Waals surface area contributed by atoms with Crippen LogP contribution in [0.1, 0.15) is 30.5 Å². The number of nitrogens with zero attached hydrogens (tertiary/aromatic N) is 2. The highest BCUT2D eigenvalue weighted by Crippen LogP contribution is 2.38. The third-order valence-corrected chi connectivity index (χ3v) is 4.11. The highest BCUT2D eigenvalue weighted by atomic mass is 16.5. The number of carbonyl (C=O) groups excluding carboxylic acids is 1. The van der Waals surface area contributed by atoms with Gasteiger partial charge in [0.25, 0.3) is 0 Å². The second-order valence-electron chi connectivity index (χ2n) is 5.76. The number of hydrogen-bond donors (Lipinski definition) is 3. The second kappa shape index (κ2) is 6.35. The van der Waals surface area contributed by atoms with Crippen LogP contribution in [0.25, 0.3) is 0 Å². The minimum atomic E-state index is -0.379. The molecule has 7 heteroatoms. The fourth-order valence-corrected chi connectivity index (χ4v) is 2.89. The molecule has 0 saturated carbocycles. The summed E-state index contributed by atoms with van der Waals surface area (Å²) in [6.45, 7) is 1.41. The van der Waals surface area contributed by atoms with E-state index in [0.29, 0.717) is 23.4 Å². The second-order valence-corrected chi connectivity index (χ2v) is 5.76. The minimum Gasteiger partial charge on any atom is -0.508 e. The molecular weight excluding hydrogens is 324 g/mol. The van der Waals surface area contributed by atoms with Crippen LogP contribution in [-0.4, -0.2) is 39.1 Å². The fourth-order valence-electron chi connectivity index (χ4n) is 2.89. The monoisotopic (exact) mass is 342 g/mol. The molecular formula is C18H18N2O5. The summed E-state index contributed by atoms with van der Waals surface area (Å²) in [6, 6.07) is 8.72. The smallest absolute Gasteiger partial charge is 0.240 e. The van der Waals surface area contributed by atoms with Gasteiger partial charge in [-0.15, -0.1) is 0 Å². The number of hydrazone groups is 1. The number of phenolic OH excluding ortho intramolecular Hbond substituents is 3. The van der Waals surface area contributed by atoms with E-state index in [4.69, 9.17) is 4.74 Å². The van der Waals surface area contributed by atoms with E-state index in [1.807, 2.05) is 0 Å². The number of amides is 1. The van der Waals surface area contributed by atoms with Crippen molar-refractivity contribution in [1.29, 1.82) is 0 Å². The average molecular weight is 342 g/mol. The van der Waals surface area contributed by atoms with Gasteiger partial charge < -0.3 is 20.1 Å². The maximum Gasteiger partial charge on any atom is 0.240 e. The molecule has 1 aliphatic heterocycles. The van der Waals surface area contributed by atoms with Crippen LogP contribution in [-0.2, 0) is 4.79 Å². The Kier molecular flexibility index (Phi) is 4.22. The van der Waals surface area contributed by atoms with E-state index in [2.05, 4.69) is 5.10 Å². The van der Waals surface area contributed by atoms with Crippen LogP contribution in [0.4, 0.5) is 0 Å². The lowest BCUT2D eigenvalue weighted by Crippen LogP contribution is -2.24. The van der Waals surface area contributed by atoms with Gasteiger partial charge in [0, 0.05) is 25.0 Å². The standard InChI is InChI=1S/C18H18N2O5/c1-10(21)20-15(11-3-6-16(23)18(7-11)25-2)9-14(19-20)13-5-4-12(22)8-17(13)24/h3-8,15,22-24H,9H2,1-2H3. The molecule has 2 aromatic carbocycles. The molecule has 0 radical (unpaired) electrons. The summed E-state index contributed by atoms with van der Waals surface area (Å²) in [7, 11) is 1.45. The van der Waals surface area contributed by atoms with Crippen molar-refractivity contribution in [2.75, 3.05) is 7.11 Å². The molecule has 2 aromatic rings. The van der Waals surface area contributed by atoms with Gasteiger partial charge in [-0.05, 0) is 29.8 Å². The number of aromatic hydroxyl groups is 3. The molecule has 1 aliphatic rings. The van der Waals surface area contributed by atoms with Crippen molar-refractivity contribution in [3.8, 4) is 23.0 Å². The van der Waals surface area contributed by atoms with Crippen LogP contribution in [0.15, 0.2) is 41.5 Å². The lowest BCUT2D eigenvalue weighted by atomic mass is 9.97. The zero-order chi connectivity index (χ0) is 18.1. The van der Waals surface area contributed by atoms with Crippen molar-refractivity contribution in [2.24, 2.45) is 5.10 Å². The Labute approximate surface area is 144 Å². The molecule has 1 unspecified atom stereocenters. The molecule has 0 spiro atoms. The van der Waals surface area contributed by atoms with E-state index in [1.165, 1.54) is 37.2 Å². The Morgan fingerprint density at radius 1 is 1.16 bits per heavy atom. The Balaban J connectivity index is 1.99. The van der Waals surface area contributed by atoms with Gasteiger partial charge in [0.15, 0.2) is 11.5 Å². The normalized spacial score (nSPS) is 16.6. The van der Waals surface area contributed by atoms with Crippen molar-refractivity contribution in [3.63, 3.8) is 0 Å². The Morgan fingerprint density at radius 2 is 1.92 bits per heavy atom. The largest absolute Gasteiger partial charge is 0.508 e. The van der Waals surface area contributed by atoms with Crippen LogP contribution in [0, 0.1) is 0 Å². The molecule has 0 aromatic heterocycles. The predicted octanol–water partition coefficient (Wildman–Crippen LogP) is 2.51. The minimum absolute atomic E-state index is 0.0101. The molecule has 25 heavy (non-hydrogen) atoms. The molecule has 130 valence electrons. The summed E-state index contributed by atoms with van der Waals surface area (Å²) < 4.78 is 5.13. The number of hydrogen-bond acceptors (Lipinski definition) is 6. The van der Waals surface area contributed by atoms with Gasteiger partial charge in [-0.2, -0.15) is 5.10 Å². The van der Waals surface area contributed by atoms with Crippen LogP contribution in [0.2, 0.25) is 0 Å². The van der Waals surface area contributed by atoms with Crippen molar-refractivity contribution in [3.05, 3.63) is 47.5 Å². The molecule has 0 fully saturated rings. The number of carbonyl (C=O) groups is 1.